The van der Waals surface area contributed by atoms with E-state index in [9.17, 15) is 13.2 Å². The van der Waals surface area contributed by atoms with Crippen molar-refractivity contribution in [1.82, 2.24) is 9.97 Å². The van der Waals surface area contributed by atoms with Gasteiger partial charge < -0.3 is 5.73 Å². The van der Waals surface area contributed by atoms with Gasteiger partial charge in [0.05, 0.1) is 5.56 Å². The first-order chi connectivity index (χ1) is 9.40. The second-order valence-corrected chi connectivity index (χ2v) is 5.19. The van der Waals surface area contributed by atoms with Crippen LogP contribution >= 0.6 is 11.8 Å². The molecule has 1 heterocycles. The number of aromatic nitrogens is 2. The third-order valence-electron chi connectivity index (χ3n) is 2.54. The van der Waals surface area contributed by atoms with Crippen LogP contribution in [-0.2, 0) is 12.7 Å². The zero-order valence-electron chi connectivity index (χ0n) is 10.6. The van der Waals surface area contributed by atoms with E-state index in [0.717, 1.165) is 23.4 Å². The van der Waals surface area contributed by atoms with Crippen LogP contribution in [0.3, 0.4) is 0 Å². The highest BCUT2D eigenvalue weighted by Gasteiger charge is 2.34. The molecule has 2 rings (SSSR count). The molecule has 0 radical (unpaired) electrons. The Balaban J connectivity index is 2.38. The summed E-state index contributed by atoms with van der Waals surface area (Å²) in [5.74, 6) is 0. The minimum atomic E-state index is -4.43. The molecule has 1 aromatic heterocycles. The number of nitrogens with zero attached hydrogens (tertiary/aromatic N) is 2. The van der Waals surface area contributed by atoms with Crippen molar-refractivity contribution in [2.75, 3.05) is 0 Å². The van der Waals surface area contributed by atoms with Crippen LogP contribution in [0.5, 0.6) is 0 Å². The molecular weight excluding hydrogens is 287 g/mol. The van der Waals surface area contributed by atoms with Crippen molar-refractivity contribution in [2.45, 2.75) is 29.7 Å². The highest BCUT2D eigenvalue weighted by molar-refractivity contribution is 7.99. The van der Waals surface area contributed by atoms with Gasteiger partial charge in [-0.15, -0.1) is 0 Å². The van der Waals surface area contributed by atoms with E-state index in [-0.39, 0.29) is 16.6 Å². The first-order valence-corrected chi connectivity index (χ1v) is 6.58. The zero-order chi connectivity index (χ0) is 14.8. The van der Waals surface area contributed by atoms with Gasteiger partial charge in [-0.05, 0) is 41.9 Å². The molecule has 0 atom stereocenters. The number of benzene rings is 1. The fourth-order valence-corrected chi connectivity index (χ4v) is 2.37. The molecule has 1 aromatic carbocycles. The molecule has 0 bridgehead atoms. The maximum Gasteiger partial charge on any atom is 0.417 e. The number of aryl methyl sites for hydroxylation is 1. The summed E-state index contributed by atoms with van der Waals surface area (Å²) in [4.78, 5) is 8.07. The van der Waals surface area contributed by atoms with Crippen molar-refractivity contribution in [3.8, 4) is 0 Å². The number of alkyl halides is 3. The van der Waals surface area contributed by atoms with E-state index in [0.29, 0.717) is 5.56 Å². The van der Waals surface area contributed by atoms with Crippen LogP contribution < -0.4 is 5.73 Å². The van der Waals surface area contributed by atoms with Gasteiger partial charge in [-0.2, -0.15) is 13.2 Å². The summed E-state index contributed by atoms with van der Waals surface area (Å²) >= 11 is 0.886. The van der Waals surface area contributed by atoms with Crippen LogP contribution in [-0.4, -0.2) is 9.97 Å². The van der Waals surface area contributed by atoms with Crippen LogP contribution in [0.1, 0.15) is 16.7 Å². The van der Waals surface area contributed by atoms with Crippen LogP contribution in [0.25, 0.3) is 0 Å². The molecule has 2 N–H and O–H groups in total. The average molecular weight is 299 g/mol. The molecule has 0 amide bonds. The smallest absolute Gasteiger partial charge is 0.326 e. The Labute approximate surface area is 118 Å². The van der Waals surface area contributed by atoms with Crippen LogP contribution in [0.4, 0.5) is 13.2 Å². The zero-order valence-corrected chi connectivity index (χ0v) is 11.4. The molecule has 0 aliphatic heterocycles. The lowest BCUT2D eigenvalue weighted by molar-refractivity contribution is -0.139. The largest absolute Gasteiger partial charge is 0.417 e. The topological polar surface area (TPSA) is 51.8 Å². The Morgan fingerprint density at radius 2 is 1.85 bits per heavy atom. The third-order valence-corrected chi connectivity index (χ3v) is 3.51. The molecule has 0 fully saturated rings. The summed E-state index contributed by atoms with van der Waals surface area (Å²) in [6, 6.07) is 4.04. The van der Waals surface area contributed by atoms with Gasteiger partial charge in [0.1, 0.15) is 0 Å². The van der Waals surface area contributed by atoms with Crippen LogP contribution in [0.15, 0.2) is 40.6 Å². The number of nitrogens with two attached hydrogens (primary N) is 1. The number of rotatable bonds is 3. The molecule has 7 heteroatoms. The monoisotopic (exact) mass is 299 g/mol. The molecule has 106 valence electrons. The summed E-state index contributed by atoms with van der Waals surface area (Å²) in [5.41, 5.74) is 5.96. The highest BCUT2D eigenvalue weighted by atomic mass is 32.2. The van der Waals surface area contributed by atoms with Crippen molar-refractivity contribution in [1.29, 1.82) is 0 Å². The second kappa shape index (κ2) is 5.80. The standard InChI is InChI=1S/C13H12F3N3S/c1-8-6-18-12(19-7-8)20-11-3-2-9(5-17)4-10(11)13(14,15)16/h2-4,6-7H,5,17H2,1H3. The predicted molar refractivity (Wildman–Crippen MR) is 70.2 cm³/mol. The van der Waals surface area contributed by atoms with Gasteiger partial charge in [0, 0.05) is 23.8 Å². The molecule has 0 saturated heterocycles. The predicted octanol–water partition coefficient (Wildman–Crippen LogP) is 3.41. The Morgan fingerprint density at radius 3 is 2.40 bits per heavy atom. The summed E-state index contributed by atoms with van der Waals surface area (Å²) in [5, 5.41) is 0.279. The molecule has 0 aliphatic carbocycles. The maximum atomic E-state index is 13.0. The molecular formula is C13H12F3N3S. The Hall–Kier alpha value is -1.60. The Morgan fingerprint density at radius 1 is 1.20 bits per heavy atom. The van der Waals surface area contributed by atoms with Gasteiger partial charge in [-0.3, -0.25) is 0 Å². The summed E-state index contributed by atoms with van der Waals surface area (Å²) in [6.07, 6.45) is -1.30. The van der Waals surface area contributed by atoms with Gasteiger partial charge in [-0.1, -0.05) is 6.07 Å². The van der Waals surface area contributed by atoms with E-state index < -0.39 is 11.7 Å². The van der Waals surface area contributed by atoms with Gasteiger partial charge >= 0.3 is 6.18 Å². The number of halogens is 3. The normalized spacial score (nSPS) is 11.7. The first kappa shape index (κ1) is 14.8. The van der Waals surface area contributed by atoms with E-state index >= 15 is 0 Å². The molecule has 3 nitrogen and oxygen atoms in total. The highest BCUT2D eigenvalue weighted by Crippen LogP contribution is 2.39. The fraction of sp³-hybridized carbons (Fsp3) is 0.231. The van der Waals surface area contributed by atoms with Crippen LogP contribution in [0, 0.1) is 6.92 Å². The summed E-state index contributed by atoms with van der Waals surface area (Å²) < 4.78 is 39.1. The van der Waals surface area contributed by atoms with E-state index in [4.69, 9.17) is 5.73 Å². The van der Waals surface area contributed by atoms with Crippen molar-refractivity contribution < 1.29 is 13.2 Å². The quantitative estimate of drug-likeness (QED) is 0.882. The molecule has 0 aliphatic rings. The summed E-state index contributed by atoms with van der Waals surface area (Å²) in [6.45, 7) is 1.88. The first-order valence-electron chi connectivity index (χ1n) is 5.77. The minimum absolute atomic E-state index is 0.0645. The van der Waals surface area contributed by atoms with Crippen LogP contribution in [0.2, 0.25) is 0 Å². The molecule has 20 heavy (non-hydrogen) atoms. The number of hydrogen-bond donors (Lipinski definition) is 1. The maximum absolute atomic E-state index is 13.0. The van der Waals surface area contributed by atoms with E-state index in [1.165, 1.54) is 6.07 Å². The Bertz CT molecular complexity index is 597. The van der Waals surface area contributed by atoms with Gasteiger partial charge in [-0.25, -0.2) is 9.97 Å². The minimum Gasteiger partial charge on any atom is -0.326 e. The molecule has 0 spiro atoms. The van der Waals surface area contributed by atoms with Crippen molar-refractivity contribution >= 4 is 11.8 Å². The number of hydrogen-bond acceptors (Lipinski definition) is 4. The van der Waals surface area contributed by atoms with Crippen molar-refractivity contribution in [3.05, 3.63) is 47.3 Å². The fourth-order valence-electron chi connectivity index (χ4n) is 1.55. The Kier molecular flexibility index (Phi) is 4.29. The molecule has 2 aromatic rings. The second-order valence-electron chi connectivity index (χ2n) is 4.18. The lowest BCUT2D eigenvalue weighted by atomic mass is 10.1. The summed E-state index contributed by atoms with van der Waals surface area (Å²) in [7, 11) is 0. The van der Waals surface area contributed by atoms with Crippen molar-refractivity contribution in [3.63, 3.8) is 0 Å². The van der Waals surface area contributed by atoms with Crippen molar-refractivity contribution in [2.24, 2.45) is 5.73 Å². The lowest BCUT2D eigenvalue weighted by Gasteiger charge is -2.13. The molecule has 0 saturated carbocycles. The van der Waals surface area contributed by atoms with E-state index in [2.05, 4.69) is 9.97 Å². The average Bonchev–Trinajstić information content (AvgIpc) is 2.40. The van der Waals surface area contributed by atoms with E-state index in [1.54, 1.807) is 18.5 Å². The third kappa shape index (κ3) is 3.49. The van der Waals surface area contributed by atoms with Gasteiger partial charge in [0.15, 0.2) is 5.16 Å². The SMILES string of the molecule is Cc1cnc(Sc2ccc(CN)cc2C(F)(F)F)nc1. The van der Waals surface area contributed by atoms with Gasteiger partial charge in [0.25, 0.3) is 0 Å². The van der Waals surface area contributed by atoms with Gasteiger partial charge in [0.2, 0.25) is 0 Å². The molecule has 0 unspecified atom stereocenters. The van der Waals surface area contributed by atoms with E-state index in [1.807, 2.05) is 6.92 Å². The lowest BCUT2D eigenvalue weighted by Crippen LogP contribution is -2.09.